The molecule has 3 fully saturated rings. The van der Waals surface area contributed by atoms with Crippen LogP contribution in [0.2, 0.25) is 0 Å². The lowest BCUT2D eigenvalue weighted by molar-refractivity contribution is -0.190. The number of aliphatic hydroxyl groups excluding tert-OH is 1. The van der Waals surface area contributed by atoms with Crippen molar-refractivity contribution in [3.63, 3.8) is 0 Å². The van der Waals surface area contributed by atoms with E-state index in [0.29, 0.717) is 32.4 Å². The van der Waals surface area contributed by atoms with Crippen LogP contribution in [-0.2, 0) is 22.6 Å². The number of amides is 1. The van der Waals surface area contributed by atoms with Gasteiger partial charge in [0.25, 0.3) is 5.91 Å². The van der Waals surface area contributed by atoms with E-state index in [-0.39, 0.29) is 34.9 Å². The first kappa shape index (κ1) is 22.5. The second-order valence-corrected chi connectivity index (χ2v) is 12.2. The summed E-state index contributed by atoms with van der Waals surface area (Å²) in [6.07, 6.45) is 7.00. The van der Waals surface area contributed by atoms with Crippen LogP contribution in [0.4, 0.5) is 0 Å². The number of ketones is 1. The molecule has 6 unspecified atom stereocenters. The third-order valence-electron chi connectivity index (χ3n) is 10.8. The number of benzene rings is 1. The third kappa shape index (κ3) is 2.92. The van der Waals surface area contributed by atoms with Gasteiger partial charge in [0.05, 0.1) is 6.10 Å². The van der Waals surface area contributed by atoms with E-state index in [0.717, 1.165) is 32.1 Å². The molecule has 5 heteroatoms. The minimum Gasteiger partial charge on any atom is -0.393 e. The molecule has 0 bridgehead atoms. The summed E-state index contributed by atoms with van der Waals surface area (Å²) >= 11 is 0. The van der Waals surface area contributed by atoms with Crippen molar-refractivity contribution in [2.24, 2.45) is 28.6 Å². The maximum Gasteiger partial charge on any atom is 0.255 e. The largest absolute Gasteiger partial charge is 0.393 e. The van der Waals surface area contributed by atoms with Gasteiger partial charge in [-0.25, -0.2) is 0 Å². The van der Waals surface area contributed by atoms with E-state index >= 15 is 0 Å². The highest BCUT2D eigenvalue weighted by atomic mass is 16.3. The summed E-state index contributed by atoms with van der Waals surface area (Å²) in [5.74, 6) is 0.641. The van der Waals surface area contributed by atoms with E-state index < -0.39 is 17.1 Å². The Morgan fingerprint density at radius 3 is 2.62 bits per heavy atom. The molecule has 182 valence electrons. The van der Waals surface area contributed by atoms with Crippen LogP contribution in [0, 0.1) is 28.6 Å². The van der Waals surface area contributed by atoms with Crippen molar-refractivity contribution in [3.05, 3.63) is 47.0 Å². The molecule has 0 spiro atoms. The number of hydrogen-bond donors (Lipinski definition) is 2. The number of hydrogen-bond acceptors (Lipinski definition) is 4. The molecule has 5 nitrogen and oxygen atoms in total. The Balaban J connectivity index is 1.30. The lowest BCUT2D eigenvalue weighted by atomic mass is 9.45. The van der Waals surface area contributed by atoms with E-state index in [1.165, 1.54) is 16.7 Å². The maximum atomic E-state index is 13.9. The summed E-state index contributed by atoms with van der Waals surface area (Å²) in [7, 11) is 0. The van der Waals surface area contributed by atoms with Crippen molar-refractivity contribution in [2.75, 3.05) is 6.54 Å². The summed E-state index contributed by atoms with van der Waals surface area (Å²) < 4.78 is 0. The molecule has 7 atom stereocenters. The molecule has 0 radical (unpaired) electrons. The van der Waals surface area contributed by atoms with Crippen LogP contribution in [0.1, 0.15) is 69.9 Å². The van der Waals surface area contributed by atoms with Crippen molar-refractivity contribution < 1.29 is 19.8 Å². The first-order chi connectivity index (χ1) is 16.2. The van der Waals surface area contributed by atoms with Gasteiger partial charge in [-0.15, -0.1) is 0 Å². The number of aliphatic hydroxyl groups is 2. The van der Waals surface area contributed by atoms with Gasteiger partial charge in [0, 0.05) is 24.9 Å². The molecular formula is C29H37NO4. The van der Waals surface area contributed by atoms with Crippen molar-refractivity contribution in [2.45, 2.75) is 83.5 Å². The highest BCUT2D eigenvalue weighted by Crippen LogP contribution is 2.67. The fourth-order valence-corrected chi connectivity index (χ4v) is 8.97. The molecule has 1 aromatic carbocycles. The zero-order chi connectivity index (χ0) is 23.9. The van der Waals surface area contributed by atoms with Gasteiger partial charge in [0.2, 0.25) is 0 Å². The van der Waals surface area contributed by atoms with Gasteiger partial charge in [-0.05, 0) is 85.3 Å². The zero-order valence-corrected chi connectivity index (χ0v) is 20.4. The molecule has 4 aliphatic carbocycles. The van der Waals surface area contributed by atoms with E-state index in [2.05, 4.69) is 26.0 Å². The number of fused-ring (bicyclic) bond motifs is 6. The smallest absolute Gasteiger partial charge is 0.255 e. The minimum absolute atomic E-state index is 0.0954. The summed E-state index contributed by atoms with van der Waals surface area (Å²) in [5, 5.41) is 23.7. The molecule has 3 saturated carbocycles. The van der Waals surface area contributed by atoms with Crippen LogP contribution in [0.3, 0.4) is 0 Å². The number of carbonyl (C=O) groups excluding carboxylic acids is 2. The Labute approximate surface area is 202 Å². The Morgan fingerprint density at radius 2 is 1.82 bits per heavy atom. The molecule has 1 amide bonds. The van der Waals surface area contributed by atoms with E-state index in [9.17, 15) is 19.8 Å². The SMILES string of the molecule is CC12CCC(=O)C=C1CCC1C2C(O)CC2(C)C1CC[C@]2(O)C(=O)N1CCc2ccccc2C1. The Morgan fingerprint density at radius 1 is 1.06 bits per heavy atom. The highest BCUT2D eigenvalue weighted by Gasteiger charge is 2.69. The molecule has 6 rings (SSSR count). The predicted octanol–water partition coefficient (Wildman–Crippen LogP) is 3.81. The monoisotopic (exact) mass is 463 g/mol. The van der Waals surface area contributed by atoms with Crippen LogP contribution in [0.5, 0.6) is 0 Å². The highest BCUT2D eigenvalue weighted by molar-refractivity contribution is 5.91. The molecule has 1 aliphatic heterocycles. The first-order valence-electron chi connectivity index (χ1n) is 13.2. The topological polar surface area (TPSA) is 77.8 Å². The Hall–Kier alpha value is -1.98. The molecule has 1 heterocycles. The van der Waals surface area contributed by atoms with E-state index in [1.807, 2.05) is 23.1 Å². The van der Waals surface area contributed by atoms with Gasteiger partial charge >= 0.3 is 0 Å². The summed E-state index contributed by atoms with van der Waals surface area (Å²) in [4.78, 5) is 27.9. The lowest BCUT2D eigenvalue weighted by Crippen LogP contribution is -2.63. The fourth-order valence-electron chi connectivity index (χ4n) is 8.97. The standard InChI is InChI=1S/C29H37NO4/c1-27-12-9-21(31)15-20(27)7-8-22-23-10-13-29(34,28(23,2)16-24(32)25(22)27)26(33)30-14-11-18-5-3-4-6-19(18)17-30/h3-6,15,22-25,32,34H,7-14,16-17H2,1-2H3/t22?,23?,24?,25?,27?,28?,29-/m0/s1. The predicted molar refractivity (Wildman–Crippen MR) is 129 cm³/mol. The van der Waals surface area contributed by atoms with Crippen molar-refractivity contribution >= 4 is 11.7 Å². The van der Waals surface area contributed by atoms with Crippen LogP contribution < -0.4 is 0 Å². The molecule has 2 N–H and O–H groups in total. The van der Waals surface area contributed by atoms with Gasteiger partial charge in [0.1, 0.15) is 5.60 Å². The fraction of sp³-hybridized carbons (Fsp3) is 0.655. The summed E-state index contributed by atoms with van der Waals surface area (Å²) in [5.41, 5.74) is 1.44. The Bertz CT molecular complexity index is 1080. The summed E-state index contributed by atoms with van der Waals surface area (Å²) in [6, 6.07) is 8.26. The molecule has 5 aliphatic rings. The van der Waals surface area contributed by atoms with Crippen LogP contribution in [-0.4, -0.2) is 45.1 Å². The second kappa shape index (κ2) is 7.51. The van der Waals surface area contributed by atoms with Gasteiger partial charge in [-0.2, -0.15) is 0 Å². The molecule has 0 saturated heterocycles. The number of carbonyl (C=O) groups is 2. The average molecular weight is 464 g/mol. The molecule has 0 aromatic heterocycles. The first-order valence-corrected chi connectivity index (χ1v) is 13.2. The van der Waals surface area contributed by atoms with Crippen LogP contribution in [0.25, 0.3) is 0 Å². The van der Waals surface area contributed by atoms with Gasteiger partial charge < -0.3 is 15.1 Å². The van der Waals surface area contributed by atoms with Gasteiger partial charge in [0.15, 0.2) is 5.78 Å². The molecule has 34 heavy (non-hydrogen) atoms. The molecular weight excluding hydrogens is 426 g/mol. The van der Waals surface area contributed by atoms with E-state index in [1.54, 1.807) is 0 Å². The Kier molecular flexibility index (Phi) is 4.96. The maximum absolute atomic E-state index is 13.9. The minimum atomic E-state index is -1.44. The van der Waals surface area contributed by atoms with Gasteiger partial charge in [-0.1, -0.05) is 43.7 Å². The van der Waals surface area contributed by atoms with Crippen molar-refractivity contribution in [3.8, 4) is 0 Å². The summed E-state index contributed by atoms with van der Waals surface area (Å²) in [6.45, 7) is 5.49. The van der Waals surface area contributed by atoms with Crippen LogP contribution in [0.15, 0.2) is 35.9 Å². The second-order valence-electron chi connectivity index (χ2n) is 12.2. The number of rotatable bonds is 1. The number of nitrogens with zero attached hydrogens (tertiary/aromatic N) is 1. The van der Waals surface area contributed by atoms with E-state index in [4.69, 9.17) is 0 Å². The quantitative estimate of drug-likeness (QED) is 0.664. The normalized spacial score (nSPS) is 43.4. The number of allylic oxidation sites excluding steroid dienone is 1. The third-order valence-corrected chi connectivity index (χ3v) is 10.8. The van der Waals surface area contributed by atoms with Crippen LogP contribution >= 0.6 is 0 Å². The van der Waals surface area contributed by atoms with Crippen molar-refractivity contribution in [1.82, 2.24) is 4.90 Å². The average Bonchev–Trinajstić information content (AvgIpc) is 3.09. The van der Waals surface area contributed by atoms with Gasteiger partial charge in [-0.3, -0.25) is 9.59 Å². The van der Waals surface area contributed by atoms with Crippen molar-refractivity contribution in [1.29, 1.82) is 0 Å². The lowest BCUT2D eigenvalue weighted by Gasteiger charge is -2.60. The zero-order valence-electron chi connectivity index (χ0n) is 20.4. The molecule has 1 aromatic rings.